The number of esters is 1. The van der Waals surface area contributed by atoms with E-state index in [1.165, 1.54) is 4.68 Å². The fraction of sp³-hybridized carbons (Fsp3) is 0.353. The Bertz CT molecular complexity index is 824. The molecule has 1 aromatic heterocycles. The van der Waals surface area contributed by atoms with Crippen molar-refractivity contribution < 1.29 is 23.1 Å². The van der Waals surface area contributed by atoms with Gasteiger partial charge in [-0.3, -0.25) is 9.48 Å². The van der Waals surface area contributed by atoms with E-state index in [9.17, 15) is 18.4 Å². The van der Waals surface area contributed by atoms with Gasteiger partial charge < -0.3 is 10.1 Å². The maximum atomic E-state index is 13.5. The van der Waals surface area contributed by atoms with E-state index in [1.54, 1.807) is 6.92 Å². The average Bonchev–Trinajstić information content (AvgIpc) is 2.88. The van der Waals surface area contributed by atoms with Gasteiger partial charge in [-0.05, 0) is 25.5 Å². The highest BCUT2D eigenvalue weighted by molar-refractivity contribution is 6.32. The van der Waals surface area contributed by atoms with Gasteiger partial charge in [0.1, 0.15) is 22.4 Å². The van der Waals surface area contributed by atoms with Gasteiger partial charge in [-0.2, -0.15) is 5.10 Å². The summed E-state index contributed by atoms with van der Waals surface area (Å²) in [4.78, 5) is 24.0. The van der Waals surface area contributed by atoms with Crippen molar-refractivity contribution >= 4 is 29.2 Å². The van der Waals surface area contributed by atoms with E-state index in [4.69, 9.17) is 16.3 Å². The SMILES string of the molecule is CCCCn1nc(C)c(C(=O)OCC(=O)Nc2cc(F)ccc2F)c1Cl. The summed E-state index contributed by atoms with van der Waals surface area (Å²) in [7, 11) is 0. The molecule has 1 amide bonds. The molecule has 0 radical (unpaired) electrons. The Morgan fingerprint density at radius 2 is 2.08 bits per heavy atom. The van der Waals surface area contributed by atoms with Crippen molar-refractivity contribution in [3.05, 3.63) is 46.2 Å². The lowest BCUT2D eigenvalue weighted by Gasteiger charge is -2.07. The number of amides is 1. The molecule has 140 valence electrons. The second kappa shape index (κ2) is 8.75. The van der Waals surface area contributed by atoms with Gasteiger partial charge in [0.05, 0.1) is 11.4 Å². The van der Waals surface area contributed by atoms with Crippen LogP contribution >= 0.6 is 11.6 Å². The van der Waals surface area contributed by atoms with Crippen LogP contribution in [0.15, 0.2) is 18.2 Å². The number of hydrogen-bond donors (Lipinski definition) is 1. The number of aromatic nitrogens is 2. The first-order chi connectivity index (χ1) is 12.3. The first-order valence-corrected chi connectivity index (χ1v) is 8.36. The predicted molar refractivity (Wildman–Crippen MR) is 92.2 cm³/mol. The monoisotopic (exact) mass is 385 g/mol. The zero-order valence-corrected chi connectivity index (χ0v) is 15.1. The minimum atomic E-state index is -0.815. The molecule has 1 heterocycles. The molecule has 1 N–H and O–H groups in total. The van der Waals surface area contributed by atoms with E-state index in [0.717, 1.165) is 31.0 Å². The van der Waals surface area contributed by atoms with Gasteiger partial charge in [0.2, 0.25) is 0 Å². The standard InChI is InChI=1S/C17H18ClF2N3O3/c1-3-4-7-23-16(18)15(10(2)22-23)17(25)26-9-14(24)21-13-8-11(19)5-6-12(13)20/h5-6,8H,3-4,7,9H2,1-2H3,(H,21,24). The Hall–Kier alpha value is -2.48. The lowest BCUT2D eigenvalue weighted by molar-refractivity contribution is -0.119. The van der Waals surface area contributed by atoms with E-state index in [1.807, 2.05) is 6.92 Å². The normalized spacial score (nSPS) is 10.7. The van der Waals surface area contributed by atoms with E-state index >= 15 is 0 Å². The van der Waals surface area contributed by atoms with E-state index in [0.29, 0.717) is 12.2 Å². The predicted octanol–water partition coefficient (Wildman–Crippen LogP) is 3.72. The van der Waals surface area contributed by atoms with Gasteiger partial charge in [-0.1, -0.05) is 24.9 Å². The number of hydrogen-bond acceptors (Lipinski definition) is 4. The summed E-state index contributed by atoms with van der Waals surface area (Å²) >= 11 is 6.15. The van der Waals surface area contributed by atoms with Gasteiger partial charge in [0.25, 0.3) is 5.91 Å². The molecule has 0 spiro atoms. The number of aryl methyl sites for hydroxylation is 2. The molecule has 2 rings (SSSR count). The van der Waals surface area contributed by atoms with Crippen LogP contribution in [0.4, 0.5) is 14.5 Å². The van der Waals surface area contributed by atoms with Gasteiger partial charge in [0.15, 0.2) is 6.61 Å². The highest BCUT2D eigenvalue weighted by Crippen LogP contribution is 2.21. The first-order valence-electron chi connectivity index (χ1n) is 7.98. The maximum absolute atomic E-state index is 13.5. The van der Waals surface area contributed by atoms with Crippen molar-refractivity contribution in [2.75, 3.05) is 11.9 Å². The third kappa shape index (κ3) is 4.78. The summed E-state index contributed by atoms with van der Waals surface area (Å²) < 4.78 is 33.0. The van der Waals surface area contributed by atoms with Crippen LogP contribution in [0.3, 0.4) is 0 Å². The summed E-state index contributed by atoms with van der Waals surface area (Å²) in [5.74, 6) is -3.14. The number of nitrogens with one attached hydrogen (secondary N) is 1. The highest BCUT2D eigenvalue weighted by Gasteiger charge is 2.22. The molecule has 0 atom stereocenters. The summed E-state index contributed by atoms with van der Waals surface area (Å²) in [5, 5.41) is 6.45. The maximum Gasteiger partial charge on any atom is 0.343 e. The molecular formula is C17H18ClF2N3O3. The molecule has 26 heavy (non-hydrogen) atoms. The quantitative estimate of drug-likeness (QED) is 0.737. The van der Waals surface area contributed by atoms with Crippen molar-refractivity contribution in [1.82, 2.24) is 9.78 Å². The number of benzene rings is 1. The Morgan fingerprint density at radius 1 is 1.35 bits per heavy atom. The van der Waals surface area contributed by atoms with E-state index < -0.39 is 30.1 Å². The largest absolute Gasteiger partial charge is 0.452 e. The minimum Gasteiger partial charge on any atom is -0.452 e. The smallest absolute Gasteiger partial charge is 0.343 e. The van der Waals surface area contributed by atoms with E-state index in [2.05, 4.69) is 10.4 Å². The van der Waals surface area contributed by atoms with Crippen LogP contribution in [0, 0.1) is 18.6 Å². The molecule has 0 aliphatic rings. The summed E-state index contributed by atoms with van der Waals surface area (Å²) in [6.45, 7) is 3.50. The third-order valence-corrected chi connectivity index (χ3v) is 3.91. The number of carbonyl (C=O) groups is 2. The molecule has 0 bridgehead atoms. The molecular weight excluding hydrogens is 368 g/mol. The Labute approximate surface area is 154 Å². The van der Waals surface area contributed by atoms with Crippen LogP contribution in [0.25, 0.3) is 0 Å². The molecule has 0 aliphatic carbocycles. The summed E-state index contributed by atoms with van der Waals surface area (Å²) in [6.07, 6.45) is 1.78. The molecule has 0 aliphatic heterocycles. The molecule has 9 heteroatoms. The van der Waals surface area contributed by atoms with Crippen LogP contribution in [-0.4, -0.2) is 28.3 Å². The molecule has 0 saturated carbocycles. The van der Waals surface area contributed by atoms with Crippen molar-refractivity contribution in [2.24, 2.45) is 0 Å². The average molecular weight is 386 g/mol. The Morgan fingerprint density at radius 3 is 2.77 bits per heavy atom. The second-order valence-corrected chi connectivity index (χ2v) is 5.93. The number of anilines is 1. The minimum absolute atomic E-state index is 0.0764. The van der Waals surface area contributed by atoms with Crippen LogP contribution in [0.2, 0.25) is 5.15 Å². The van der Waals surface area contributed by atoms with Crippen molar-refractivity contribution in [2.45, 2.75) is 33.2 Å². The number of rotatable bonds is 7. The molecule has 0 unspecified atom stereocenters. The fourth-order valence-corrected chi connectivity index (χ4v) is 2.56. The van der Waals surface area contributed by atoms with Gasteiger partial charge in [-0.25, -0.2) is 13.6 Å². The van der Waals surface area contributed by atoms with Crippen LogP contribution < -0.4 is 5.32 Å². The lowest BCUT2D eigenvalue weighted by Crippen LogP contribution is -2.21. The summed E-state index contributed by atoms with van der Waals surface area (Å²) in [5.41, 5.74) is 0.118. The number of carbonyl (C=O) groups excluding carboxylic acids is 2. The Balaban J connectivity index is 1.99. The van der Waals surface area contributed by atoms with Crippen LogP contribution in [0.5, 0.6) is 0 Å². The number of unbranched alkanes of at least 4 members (excludes halogenated alkanes) is 1. The first kappa shape index (κ1) is 19.8. The van der Waals surface area contributed by atoms with Crippen molar-refractivity contribution in [3.8, 4) is 0 Å². The number of ether oxygens (including phenoxy) is 1. The highest BCUT2D eigenvalue weighted by atomic mass is 35.5. The van der Waals surface area contributed by atoms with Gasteiger partial charge in [0, 0.05) is 12.6 Å². The van der Waals surface area contributed by atoms with Crippen LogP contribution in [-0.2, 0) is 16.1 Å². The molecule has 2 aromatic rings. The van der Waals surface area contributed by atoms with Gasteiger partial charge >= 0.3 is 5.97 Å². The van der Waals surface area contributed by atoms with Crippen molar-refractivity contribution in [1.29, 1.82) is 0 Å². The third-order valence-electron chi connectivity index (χ3n) is 3.53. The second-order valence-electron chi connectivity index (χ2n) is 5.58. The van der Waals surface area contributed by atoms with E-state index in [-0.39, 0.29) is 16.4 Å². The fourth-order valence-electron chi connectivity index (χ4n) is 2.22. The van der Waals surface area contributed by atoms with Crippen LogP contribution in [0.1, 0.15) is 35.8 Å². The zero-order chi connectivity index (χ0) is 19.3. The molecule has 0 fully saturated rings. The number of nitrogens with zero attached hydrogens (tertiary/aromatic N) is 2. The summed E-state index contributed by atoms with van der Waals surface area (Å²) in [6, 6.07) is 2.63. The lowest BCUT2D eigenvalue weighted by atomic mass is 10.2. The number of halogens is 3. The van der Waals surface area contributed by atoms with Gasteiger partial charge in [-0.15, -0.1) is 0 Å². The Kier molecular flexibility index (Phi) is 6.68. The molecule has 6 nitrogen and oxygen atoms in total. The zero-order valence-electron chi connectivity index (χ0n) is 14.3. The molecule has 0 saturated heterocycles. The topological polar surface area (TPSA) is 73.2 Å². The van der Waals surface area contributed by atoms with Crippen molar-refractivity contribution in [3.63, 3.8) is 0 Å². The molecule has 1 aromatic carbocycles.